The topological polar surface area (TPSA) is 88.0 Å². The van der Waals surface area contributed by atoms with E-state index in [1.165, 1.54) is 7.11 Å². The molecule has 7 heteroatoms. The average molecular weight is 416 g/mol. The number of anilines is 1. The number of allylic oxidation sites excluding steroid dienone is 2. The predicted octanol–water partition coefficient (Wildman–Crippen LogP) is 4.21. The summed E-state index contributed by atoms with van der Waals surface area (Å²) in [5.74, 6) is -0.125. The average Bonchev–Trinajstić information content (AvgIpc) is 3.22. The molecule has 0 amide bonds. The Balaban J connectivity index is 1.64. The first-order valence-electron chi connectivity index (χ1n) is 9.42. The molecular weight excluding hydrogens is 394 g/mol. The molecule has 4 unspecified atom stereocenters. The molecule has 0 bridgehead atoms. The molecule has 0 saturated heterocycles. The van der Waals surface area contributed by atoms with Crippen molar-refractivity contribution in [2.75, 3.05) is 19.0 Å². The van der Waals surface area contributed by atoms with Crippen molar-refractivity contribution in [1.82, 2.24) is 0 Å². The molecule has 4 atom stereocenters. The first-order chi connectivity index (χ1) is 14.0. The van der Waals surface area contributed by atoms with Crippen LogP contribution in [0.5, 0.6) is 5.75 Å². The van der Waals surface area contributed by atoms with Gasteiger partial charge in [0.2, 0.25) is 0 Å². The molecule has 0 saturated carbocycles. The van der Waals surface area contributed by atoms with Crippen LogP contribution in [0.25, 0.3) is 0 Å². The third-order valence-electron chi connectivity index (χ3n) is 5.60. The lowest BCUT2D eigenvalue weighted by Crippen LogP contribution is -2.30. The molecule has 1 heterocycles. The fourth-order valence-corrected chi connectivity index (χ4v) is 4.42. The van der Waals surface area contributed by atoms with Crippen LogP contribution < -0.4 is 10.1 Å². The zero-order valence-electron chi connectivity index (χ0n) is 15.8. The summed E-state index contributed by atoms with van der Waals surface area (Å²) < 4.78 is 10.3. The van der Waals surface area contributed by atoms with E-state index in [0.29, 0.717) is 16.5 Å². The summed E-state index contributed by atoms with van der Waals surface area (Å²) in [5.41, 5.74) is 2.80. The van der Waals surface area contributed by atoms with Gasteiger partial charge in [0.15, 0.2) is 6.29 Å². The fraction of sp³-hybridized carbons (Fsp3) is 0.318. The molecule has 1 aliphatic carbocycles. The van der Waals surface area contributed by atoms with E-state index in [2.05, 4.69) is 17.5 Å². The summed E-state index contributed by atoms with van der Waals surface area (Å²) in [6, 6.07) is 10.8. The number of hydrogen-bond donors (Lipinski definition) is 3. The highest BCUT2D eigenvalue weighted by Crippen LogP contribution is 2.52. The van der Waals surface area contributed by atoms with E-state index in [9.17, 15) is 15.0 Å². The standard InChI is InChI=1S/C22H22ClNO5/c1-28-18(25)11-29-13-7-5-12(6-8-13)20-15-4-2-3-14(15)19-16(22(26)27)9-10-17(23)21(19)24-20/h2-3,5-10,14-15,18,20,24-25H,4,11H2,1H3,(H,26,27). The fourth-order valence-electron chi connectivity index (χ4n) is 4.20. The Kier molecular flexibility index (Phi) is 5.50. The van der Waals surface area contributed by atoms with Gasteiger partial charge in [-0.3, -0.25) is 0 Å². The van der Waals surface area contributed by atoms with Gasteiger partial charge in [0.05, 0.1) is 22.3 Å². The molecule has 6 nitrogen and oxygen atoms in total. The largest absolute Gasteiger partial charge is 0.488 e. The third-order valence-corrected chi connectivity index (χ3v) is 5.92. The Morgan fingerprint density at radius 3 is 2.72 bits per heavy atom. The molecule has 3 N–H and O–H groups in total. The number of aliphatic hydroxyl groups is 1. The van der Waals surface area contributed by atoms with Crippen molar-refractivity contribution in [1.29, 1.82) is 0 Å². The highest BCUT2D eigenvalue weighted by atomic mass is 35.5. The van der Waals surface area contributed by atoms with E-state index in [1.54, 1.807) is 12.1 Å². The summed E-state index contributed by atoms with van der Waals surface area (Å²) in [4.78, 5) is 11.8. The number of rotatable bonds is 6. The van der Waals surface area contributed by atoms with Gasteiger partial charge in [0.1, 0.15) is 12.4 Å². The van der Waals surface area contributed by atoms with Gasteiger partial charge in [0.25, 0.3) is 0 Å². The Morgan fingerprint density at radius 1 is 1.28 bits per heavy atom. The monoisotopic (exact) mass is 415 g/mol. The maximum absolute atomic E-state index is 11.8. The molecule has 2 aliphatic rings. The quantitative estimate of drug-likeness (QED) is 0.484. The van der Waals surface area contributed by atoms with E-state index in [1.807, 2.05) is 24.3 Å². The molecule has 0 spiro atoms. The van der Waals surface area contributed by atoms with Crippen LogP contribution in [0.1, 0.15) is 39.9 Å². The normalized spacial score (nSPS) is 23.1. The van der Waals surface area contributed by atoms with Crippen molar-refractivity contribution in [3.63, 3.8) is 0 Å². The molecule has 4 rings (SSSR count). The van der Waals surface area contributed by atoms with Gasteiger partial charge in [0, 0.05) is 13.0 Å². The summed E-state index contributed by atoms with van der Waals surface area (Å²) in [7, 11) is 1.41. The van der Waals surface area contributed by atoms with Gasteiger partial charge in [-0.15, -0.1) is 0 Å². The van der Waals surface area contributed by atoms with Gasteiger partial charge in [-0.25, -0.2) is 4.79 Å². The molecule has 0 radical (unpaired) electrons. The van der Waals surface area contributed by atoms with Crippen LogP contribution >= 0.6 is 11.6 Å². The van der Waals surface area contributed by atoms with Crippen LogP contribution in [0.3, 0.4) is 0 Å². The zero-order valence-corrected chi connectivity index (χ0v) is 16.6. The minimum atomic E-state index is -0.970. The van der Waals surface area contributed by atoms with Crippen molar-refractivity contribution in [2.45, 2.75) is 24.7 Å². The van der Waals surface area contributed by atoms with Gasteiger partial charge < -0.3 is 25.0 Å². The van der Waals surface area contributed by atoms with Crippen molar-refractivity contribution in [2.24, 2.45) is 5.92 Å². The van der Waals surface area contributed by atoms with Crippen molar-refractivity contribution in [3.05, 3.63) is 70.3 Å². The molecular formula is C22H22ClNO5. The molecule has 152 valence electrons. The van der Waals surface area contributed by atoms with Gasteiger partial charge in [-0.2, -0.15) is 0 Å². The number of carbonyl (C=O) groups is 1. The Morgan fingerprint density at radius 2 is 2.03 bits per heavy atom. The highest BCUT2D eigenvalue weighted by Gasteiger charge is 2.40. The number of aromatic carboxylic acids is 1. The number of hydrogen-bond acceptors (Lipinski definition) is 5. The lowest BCUT2D eigenvalue weighted by molar-refractivity contribution is -0.0968. The second kappa shape index (κ2) is 8.06. The van der Waals surface area contributed by atoms with E-state index in [0.717, 1.165) is 17.5 Å². The molecule has 1 aliphatic heterocycles. The second-order valence-corrected chi connectivity index (χ2v) is 7.64. The van der Waals surface area contributed by atoms with Gasteiger partial charge in [-0.1, -0.05) is 35.9 Å². The van der Waals surface area contributed by atoms with Crippen LogP contribution in [0.4, 0.5) is 5.69 Å². The Hall–Kier alpha value is -2.54. The number of methoxy groups -OCH3 is 1. The molecule has 2 aromatic carbocycles. The number of aliphatic hydroxyl groups excluding tert-OH is 1. The third kappa shape index (κ3) is 3.71. The molecule has 29 heavy (non-hydrogen) atoms. The smallest absolute Gasteiger partial charge is 0.336 e. The first-order valence-corrected chi connectivity index (χ1v) is 9.80. The maximum Gasteiger partial charge on any atom is 0.336 e. The SMILES string of the molecule is COC(O)COc1ccc(C2Nc3c(Cl)ccc(C(=O)O)c3C3C=CCC32)cc1. The van der Waals surface area contributed by atoms with Gasteiger partial charge in [-0.05, 0) is 47.7 Å². The number of carboxylic acids is 1. The van der Waals surface area contributed by atoms with Crippen LogP contribution in [-0.2, 0) is 4.74 Å². The van der Waals surface area contributed by atoms with Gasteiger partial charge >= 0.3 is 5.97 Å². The number of nitrogens with one attached hydrogen (secondary N) is 1. The number of ether oxygens (including phenoxy) is 2. The van der Waals surface area contributed by atoms with Crippen LogP contribution in [0.2, 0.25) is 5.02 Å². The summed E-state index contributed by atoms with van der Waals surface area (Å²) in [6.07, 6.45) is 4.08. The zero-order chi connectivity index (χ0) is 20.5. The van der Waals surface area contributed by atoms with Crippen LogP contribution in [0.15, 0.2) is 48.6 Å². The van der Waals surface area contributed by atoms with Crippen LogP contribution in [-0.4, -0.2) is 36.2 Å². The number of benzene rings is 2. The minimum Gasteiger partial charge on any atom is -0.488 e. The Bertz CT molecular complexity index is 943. The van der Waals surface area contributed by atoms with E-state index in [4.69, 9.17) is 21.1 Å². The number of carboxylic acid groups (broad SMARTS) is 1. The molecule has 0 aromatic heterocycles. The van der Waals surface area contributed by atoms with E-state index >= 15 is 0 Å². The number of fused-ring (bicyclic) bond motifs is 3. The van der Waals surface area contributed by atoms with E-state index in [-0.39, 0.29) is 30.0 Å². The first kappa shape index (κ1) is 19.8. The molecule has 0 fully saturated rings. The highest BCUT2D eigenvalue weighted by molar-refractivity contribution is 6.33. The van der Waals surface area contributed by atoms with E-state index < -0.39 is 12.3 Å². The lowest BCUT2D eigenvalue weighted by atomic mass is 9.75. The van der Waals surface area contributed by atoms with Crippen LogP contribution in [0, 0.1) is 5.92 Å². The maximum atomic E-state index is 11.8. The van der Waals surface area contributed by atoms with Crippen molar-refractivity contribution >= 4 is 23.3 Å². The minimum absolute atomic E-state index is 0.00572. The summed E-state index contributed by atoms with van der Waals surface area (Å²) >= 11 is 6.44. The van der Waals surface area contributed by atoms with Crippen molar-refractivity contribution < 1.29 is 24.5 Å². The lowest BCUT2D eigenvalue weighted by Gasteiger charge is -2.38. The predicted molar refractivity (Wildman–Crippen MR) is 110 cm³/mol. The summed E-state index contributed by atoms with van der Waals surface area (Å²) in [6.45, 7) is 0.0487. The Labute approximate surface area is 173 Å². The number of halogens is 1. The molecule has 2 aromatic rings. The van der Waals surface area contributed by atoms with Crippen molar-refractivity contribution in [3.8, 4) is 5.75 Å². The summed E-state index contributed by atoms with van der Waals surface area (Å²) in [5, 5.41) is 23.1. The second-order valence-electron chi connectivity index (χ2n) is 7.23.